The average Bonchev–Trinajstić information content (AvgIpc) is 3.10. The molecule has 3 aromatic rings. The number of hydrogen-bond acceptors (Lipinski definition) is 4. The molecule has 1 N–H and O–H groups in total. The summed E-state index contributed by atoms with van der Waals surface area (Å²) in [5, 5.41) is 11.0. The van der Waals surface area contributed by atoms with Gasteiger partial charge in [0.05, 0.1) is 23.9 Å². The van der Waals surface area contributed by atoms with Crippen LogP contribution in [-0.4, -0.2) is 23.4 Å². The first-order valence-corrected chi connectivity index (χ1v) is 10.6. The zero-order valence-electron chi connectivity index (χ0n) is 18.1. The Labute approximate surface area is 193 Å². The number of ether oxygens (including phenoxy) is 1. The lowest BCUT2D eigenvalue weighted by molar-refractivity contribution is -0.132. The van der Waals surface area contributed by atoms with Crippen LogP contribution < -0.4 is 9.64 Å². The largest absolute Gasteiger partial charge is 0.507 e. The predicted octanol–water partition coefficient (Wildman–Crippen LogP) is 5.52. The molecule has 1 heterocycles. The summed E-state index contributed by atoms with van der Waals surface area (Å²) in [5.74, 6) is -4.51. The van der Waals surface area contributed by atoms with Crippen molar-refractivity contribution in [3.8, 4) is 5.75 Å². The van der Waals surface area contributed by atoms with Gasteiger partial charge in [-0.1, -0.05) is 19.1 Å². The van der Waals surface area contributed by atoms with Crippen LogP contribution >= 0.6 is 0 Å². The zero-order valence-corrected chi connectivity index (χ0v) is 18.1. The standard InChI is InChI=1S/C26H20F3NO4/c1-2-13-34-19-10-5-16(6-11-19)24(31)22-23(15-3-7-17(27)8-4-15)30(26(33)25(22)32)21-14-18(28)9-12-20(21)29/h3-12,14,23,31H,2,13H2,1H3/b24-22+. The molecular weight excluding hydrogens is 447 g/mol. The first-order chi connectivity index (χ1) is 16.3. The Hall–Kier alpha value is -4.07. The van der Waals surface area contributed by atoms with Crippen molar-refractivity contribution >= 4 is 23.1 Å². The van der Waals surface area contributed by atoms with E-state index < -0.39 is 46.6 Å². The third-order valence-electron chi connectivity index (χ3n) is 5.40. The van der Waals surface area contributed by atoms with Crippen LogP contribution in [0.1, 0.15) is 30.5 Å². The fraction of sp³-hybridized carbons (Fsp3) is 0.154. The lowest BCUT2D eigenvalue weighted by Gasteiger charge is -2.25. The Bertz CT molecular complexity index is 1270. The lowest BCUT2D eigenvalue weighted by atomic mass is 9.95. The fourth-order valence-electron chi connectivity index (χ4n) is 3.80. The maximum atomic E-state index is 14.6. The number of benzene rings is 3. The summed E-state index contributed by atoms with van der Waals surface area (Å²) in [6, 6.07) is 12.2. The Morgan fingerprint density at radius 3 is 2.24 bits per heavy atom. The van der Waals surface area contributed by atoms with E-state index in [9.17, 15) is 27.9 Å². The SMILES string of the molecule is CCCOc1ccc(/C(O)=C2\C(=O)C(=O)N(c3cc(F)ccc3F)C2c2ccc(F)cc2)cc1. The number of rotatable bonds is 6. The van der Waals surface area contributed by atoms with Crippen molar-refractivity contribution in [2.75, 3.05) is 11.5 Å². The number of anilines is 1. The third-order valence-corrected chi connectivity index (χ3v) is 5.40. The van der Waals surface area contributed by atoms with Gasteiger partial charge in [-0.05, 0) is 60.5 Å². The molecule has 174 valence electrons. The Kier molecular flexibility index (Phi) is 6.40. The summed E-state index contributed by atoms with van der Waals surface area (Å²) in [7, 11) is 0. The van der Waals surface area contributed by atoms with Gasteiger partial charge in [-0.3, -0.25) is 14.5 Å². The van der Waals surface area contributed by atoms with Gasteiger partial charge in [0.25, 0.3) is 11.7 Å². The highest BCUT2D eigenvalue weighted by Gasteiger charge is 2.47. The zero-order chi connectivity index (χ0) is 24.4. The maximum Gasteiger partial charge on any atom is 0.300 e. The van der Waals surface area contributed by atoms with Gasteiger partial charge in [0.2, 0.25) is 0 Å². The van der Waals surface area contributed by atoms with Crippen LogP contribution in [0.3, 0.4) is 0 Å². The second-order valence-electron chi connectivity index (χ2n) is 7.69. The van der Waals surface area contributed by atoms with Crippen molar-refractivity contribution < 1.29 is 32.6 Å². The number of carbonyl (C=O) groups excluding carboxylic acids is 2. The van der Waals surface area contributed by atoms with E-state index >= 15 is 0 Å². The van der Waals surface area contributed by atoms with Crippen LogP contribution in [0.5, 0.6) is 5.75 Å². The Morgan fingerprint density at radius 1 is 0.941 bits per heavy atom. The predicted molar refractivity (Wildman–Crippen MR) is 120 cm³/mol. The van der Waals surface area contributed by atoms with Gasteiger partial charge in [0, 0.05) is 11.6 Å². The smallest absolute Gasteiger partial charge is 0.300 e. The van der Waals surface area contributed by atoms with Crippen LogP contribution in [-0.2, 0) is 9.59 Å². The maximum absolute atomic E-state index is 14.6. The van der Waals surface area contributed by atoms with Crippen LogP contribution in [0, 0.1) is 17.5 Å². The van der Waals surface area contributed by atoms with Gasteiger partial charge >= 0.3 is 0 Å². The number of nitrogens with zero attached hydrogens (tertiary/aromatic N) is 1. The van der Waals surface area contributed by atoms with Crippen molar-refractivity contribution in [3.63, 3.8) is 0 Å². The number of hydrogen-bond donors (Lipinski definition) is 1. The molecule has 1 unspecified atom stereocenters. The monoisotopic (exact) mass is 467 g/mol. The molecule has 0 aliphatic carbocycles. The van der Waals surface area contributed by atoms with E-state index in [0.717, 1.165) is 41.7 Å². The number of aliphatic hydroxyl groups is 1. The molecule has 0 spiro atoms. The number of aliphatic hydroxyl groups excluding tert-OH is 1. The molecule has 0 saturated carbocycles. The molecule has 0 radical (unpaired) electrons. The van der Waals surface area contributed by atoms with Crippen molar-refractivity contribution in [1.82, 2.24) is 0 Å². The van der Waals surface area contributed by atoms with Crippen LogP contribution in [0.25, 0.3) is 5.76 Å². The van der Waals surface area contributed by atoms with Gasteiger partial charge in [0.15, 0.2) is 0 Å². The molecule has 1 atom stereocenters. The van der Waals surface area contributed by atoms with E-state index in [1.54, 1.807) is 12.1 Å². The fourth-order valence-corrected chi connectivity index (χ4v) is 3.80. The van der Waals surface area contributed by atoms with E-state index in [0.29, 0.717) is 12.4 Å². The minimum absolute atomic E-state index is 0.216. The number of carbonyl (C=O) groups is 2. The summed E-state index contributed by atoms with van der Waals surface area (Å²) in [5.41, 5.74) is -0.358. The van der Waals surface area contributed by atoms with Crippen LogP contribution in [0.4, 0.5) is 18.9 Å². The molecule has 0 aromatic heterocycles. The van der Waals surface area contributed by atoms with Gasteiger partial charge in [0.1, 0.15) is 29.0 Å². The number of ketones is 1. The minimum Gasteiger partial charge on any atom is -0.507 e. The third kappa shape index (κ3) is 4.26. The number of amides is 1. The van der Waals surface area contributed by atoms with Crippen molar-refractivity contribution in [3.05, 3.63) is 101 Å². The normalized spacial score (nSPS) is 17.3. The molecule has 1 aliphatic heterocycles. The van der Waals surface area contributed by atoms with Gasteiger partial charge in [-0.25, -0.2) is 13.2 Å². The molecule has 34 heavy (non-hydrogen) atoms. The first kappa shape index (κ1) is 23.1. The van der Waals surface area contributed by atoms with Crippen LogP contribution in [0.2, 0.25) is 0 Å². The Balaban J connectivity index is 1.88. The highest BCUT2D eigenvalue weighted by molar-refractivity contribution is 6.51. The molecule has 1 fully saturated rings. The van der Waals surface area contributed by atoms with Gasteiger partial charge in [-0.2, -0.15) is 0 Å². The van der Waals surface area contributed by atoms with E-state index in [1.807, 2.05) is 6.92 Å². The Morgan fingerprint density at radius 2 is 1.59 bits per heavy atom. The highest BCUT2D eigenvalue weighted by Crippen LogP contribution is 2.43. The first-order valence-electron chi connectivity index (χ1n) is 10.6. The summed E-state index contributed by atoms with van der Waals surface area (Å²) >= 11 is 0. The molecule has 3 aromatic carbocycles. The van der Waals surface area contributed by atoms with Crippen molar-refractivity contribution in [2.45, 2.75) is 19.4 Å². The van der Waals surface area contributed by atoms with E-state index in [2.05, 4.69) is 0 Å². The van der Waals surface area contributed by atoms with E-state index in [4.69, 9.17) is 4.74 Å². The van der Waals surface area contributed by atoms with Crippen molar-refractivity contribution in [1.29, 1.82) is 0 Å². The van der Waals surface area contributed by atoms with E-state index in [1.165, 1.54) is 24.3 Å². The molecule has 1 saturated heterocycles. The van der Waals surface area contributed by atoms with Gasteiger partial charge in [-0.15, -0.1) is 0 Å². The molecule has 1 amide bonds. The van der Waals surface area contributed by atoms with Crippen molar-refractivity contribution in [2.24, 2.45) is 0 Å². The molecule has 5 nitrogen and oxygen atoms in total. The second kappa shape index (κ2) is 9.43. The minimum atomic E-state index is -1.31. The highest BCUT2D eigenvalue weighted by atomic mass is 19.1. The summed E-state index contributed by atoms with van der Waals surface area (Å²) in [6.07, 6.45) is 0.805. The molecular formula is C26H20F3NO4. The van der Waals surface area contributed by atoms with Crippen LogP contribution in [0.15, 0.2) is 72.3 Å². The molecule has 4 rings (SSSR count). The molecule has 0 bridgehead atoms. The molecule has 1 aliphatic rings. The summed E-state index contributed by atoms with van der Waals surface area (Å²) in [4.78, 5) is 26.8. The van der Waals surface area contributed by atoms with E-state index in [-0.39, 0.29) is 16.7 Å². The summed E-state index contributed by atoms with van der Waals surface area (Å²) in [6.45, 7) is 2.45. The summed E-state index contributed by atoms with van der Waals surface area (Å²) < 4.78 is 47.7. The van der Waals surface area contributed by atoms with Gasteiger partial charge < -0.3 is 9.84 Å². The average molecular weight is 467 g/mol. The lowest BCUT2D eigenvalue weighted by Crippen LogP contribution is -2.30. The topological polar surface area (TPSA) is 66.8 Å². The molecule has 8 heteroatoms. The second-order valence-corrected chi connectivity index (χ2v) is 7.69. The quantitative estimate of drug-likeness (QED) is 0.295. The number of halogens is 3. The number of Topliss-reactive ketones (excluding diaryl/α,β-unsaturated/α-hetero) is 1.